The second-order valence-corrected chi connectivity index (χ2v) is 6.38. The molecular weight excluding hydrogens is 369 g/mol. The van der Waals surface area contributed by atoms with Gasteiger partial charge in [-0.3, -0.25) is 4.79 Å². The summed E-state index contributed by atoms with van der Waals surface area (Å²) in [5.74, 6) is 0.342. The lowest BCUT2D eigenvalue weighted by Gasteiger charge is -2.13. The van der Waals surface area contributed by atoms with Gasteiger partial charge in [-0.25, -0.2) is 0 Å². The van der Waals surface area contributed by atoms with Gasteiger partial charge in [-0.1, -0.05) is 60.1 Å². The molecule has 0 bridgehead atoms. The fourth-order valence-corrected chi connectivity index (χ4v) is 2.79. The van der Waals surface area contributed by atoms with Gasteiger partial charge in [0.2, 0.25) is 5.91 Å². The molecular formula is C21H17Cl2NO2. The van der Waals surface area contributed by atoms with Gasteiger partial charge < -0.3 is 10.1 Å². The number of rotatable bonds is 6. The van der Waals surface area contributed by atoms with E-state index in [2.05, 4.69) is 5.32 Å². The largest absolute Gasteiger partial charge is 0.489 e. The SMILES string of the molecule is O=C(CCl)Nc1cc(Cl)ccc1-c1cccc(OCc2ccccc2)c1. The van der Waals surface area contributed by atoms with Crippen molar-refractivity contribution in [3.05, 3.63) is 83.4 Å². The molecule has 3 aromatic rings. The van der Waals surface area contributed by atoms with Crippen LogP contribution >= 0.6 is 23.2 Å². The molecule has 3 rings (SSSR count). The predicted octanol–water partition coefficient (Wildman–Crippen LogP) is 5.76. The zero-order valence-corrected chi connectivity index (χ0v) is 15.4. The highest BCUT2D eigenvalue weighted by Crippen LogP contribution is 2.32. The molecule has 0 aromatic heterocycles. The lowest BCUT2D eigenvalue weighted by Crippen LogP contribution is -2.13. The fourth-order valence-electron chi connectivity index (χ4n) is 2.55. The molecule has 0 unspecified atom stereocenters. The van der Waals surface area contributed by atoms with Crippen molar-refractivity contribution < 1.29 is 9.53 Å². The second kappa shape index (κ2) is 8.75. The van der Waals surface area contributed by atoms with Gasteiger partial charge in [0.05, 0.1) is 5.69 Å². The van der Waals surface area contributed by atoms with E-state index in [1.807, 2.05) is 60.7 Å². The van der Waals surface area contributed by atoms with E-state index in [-0.39, 0.29) is 11.8 Å². The molecule has 0 aliphatic heterocycles. The van der Waals surface area contributed by atoms with Crippen molar-refractivity contribution in [1.29, 1.82) is 0 Å². The van der Waals surface area contributed by atoms with E-state index in [4.69, 9.17) is 27.9 Å². The fraction of sp³-hybridized carbons (Fsp3) is 0.0952. The van der Waals surface area contributed by atoms with E-state index in [1.54, 1.807) is 12.1 Å². The van der Waals surface area contributed by atoms with Crippen LogP contribution in [0.2, 0.25) is 5.02 Å². The summed E-state index contributed by atoms with van der Waals surface area (Å²) in [5, 5.41) is 3.32. The Morgan fingerprint density at radius 1 is 0.962 bits per heavy atom. The van der Waals surface area contributed by atoms with Crippen molar-refractivity contribution in [2.45, 2.75) is 6.61 Å². The van der Waals surface area contributed by atoms with Gasteiger partial charge in [-0.2, -0.15) is 0 Å². The smallest absolute Gasteiger partial charge is 0.239 e. The summed E-state index contributed by atoms with van der Waals surface area (Å²) in [6.45, 7) is 0.487. The number of amides is 1. The van der Waals surface area contributed by atoms with Crippen LogP contribution in [0.5, 0.6) is 5.75 Å². The van der Waals surface area contributed by atoms with Gasteiger partial charge in [0.15, 0.2) is 0 Å². The van der Waals surface area contributed by atoms with E-state index in [0.29, 0.717) is 17.3 Å². The minimum Gasteiger partial charge on any atom is -0.489 e. The highest BCUT2D eigenvalue weighted by molar-refractivity contribution is 6.31. The van der Waals surface area contributed by atoms with Crippen molar-refractivity contribution >= 4 is 34.8 Å². The number of carbonyl (C=O) groups is 1. The molecule has 0 radical (unpaired) electrons. The summed E-state index contributed by atoms with van der Waals surface area (Å²) >= 11 is 11.7. The van der Waals surface area contributed by atoms with Crippen LogP contribution in [0.1, 0.15) is 5.56 Å². The molecule has 132 valence electrons. The molecule has 0 saturated heterocycles. The van der Waals surface area contributed by atoms with Crippen LogP contribution in [-0.4, -0.2) is 11.8 Å². The van der Waals surface area contributed by atoms with Crippen molar-refractivity contribution in [2.75, 3.05) is 11.2 Å². The minimum atomic E-state index is -0.285. The van der Waals surface area contributed by atoms with Gasteiger partial charge in [-0.15, -0.1) is 11.6 Å². The first-order valence-corrected chi connectivity index (χ1v) is 8.99. The van der Waals surface area contributed by atoms with Crippen molar-refractivity contribution in [2.24, 2.45) is 0 Å². The van der Waals surface area contributed by atoms with Crippen LogP contribution in [0, 0.1) is 0 Å². The van der Waals surface area contributed by atoms with Crippen LogP contribution < -0.4 is 10.1 Å². The Labute approximate surface area is 162 Å². The number of anilines is 1. The molecule has 1 N–H and O–H groups in total. The normalized spacial score (nSPS) is 10.4. The Bertz CT molecular complexity index is 898. The van der Waals surface area contributed by atoms with Gasteiger partial charge in [0.1, 0.15) is 18.2 Å². The average Bonchev–Trinajstić information content (AvgIpc) is 2.67. The Morgan fingerprint density at radius 2 is 1.77 bits per heavy atom. The zero-order valence-electron chi connectivity index (χ0n) is 13.9. The maximum Gasteiger partial charge on any atom is 0.239 e. The summed E-state index contributed by atoms with van der Waals surface area (Å²) in [6.07, 6.45) is 0. The number of hydrogen-bond donors (Lipinski definition) is 1. The van der Waals surface area contributed by atoms with E-state index in [1.165, 1.54) is 0 Å². The van der Waals surface area contributed by atoms with Gasteiger partial charge in [0.25, 0.3) is 0 Å². The molecule has 0 heterocycles. The lowest BCUT2D eigenvalue weighted by atomic mass is 10.0. The first-order valence-electron chi connectivity index (χ1n) is 8.08. The van der Waals surface area contributed by atoms with Crippen LogP contribution in [0.15, 0.2) is 72.8 Å². The molecule has 26 heavy (non-hydrogen) atoms. The number of benzene rings is 3. The number of alkyl halides is 1. The van der Waals surface area contributed by atoms with Crippen LogP contribution in [0.25, 0.3) is 11.1 Å². The van der Waals surface area contributed by atoms with Gasteiger partial charge in [0, 0.05) is 10.6 Å². The molecule has 0 aliphatic rings. The summed E-state index contributed by atoms with van der Waals surface area (Å²) in [7, 11) is 0. The summed E-state index contributed by atoms with van der Waals surface area (Å²) < 4.78 is 5.89. The number of halogens is 2. The zero-order chi connectivity index (χ0) is 18.4. The number of carbonyl (C=O) groups excluding carboxylic acids is 1. The van der Waals surface area contributed by atoms with Crippen LogP contribution in [0.4, 0.5) is 5.69 Å². The third-order valence-electron chi connectivity index (χ3n) is 3.77. The third kappa shape index (κ3) is 4.78. The van der Waals surface area contributed by atoms with Crippen molar-refractivity contribution in [1.82, 2.24) is 0 Å². The molecule has 0 atom stereocenters. The Hall–Kier alpha value is -2.49. The summed E-state index contributed by atoms with van der Waals surface area (Å²) in [5.41, 5.74) is 3.47. The second-order valence-electron chi connectivity index (χ2n) is 5.67. The number of hydrogen-bond acceptors (Lipinski definition) is 2. The summed E-state index contributed by atoms with van der Waals surface area (Å²) in [6, 6.07) is 23.0. The predicted molar refractivity (Wildman–Crippen MR) is 107 cm³/mol. The molecule has 5 heteroatoms. The van der Waals surface area contributed by atoms with E-state index in [9.17, 15) is 4.79 Å². The standard InChI is InChI=1S/C21H17Cl2NO2/c22-13-21(25)24-20-12-17(23)9-10-19(20)16-7-4-8-18(11-16)26-14-15-5-2-1-3-6-15/h1-12H,13-14H2,(H,24,25). The highest BCUT2D eigenvalue weighted by atomic mass is 35.5. The lowest BCUT2D eigenvalue weighted by molar-refractivity contribution is -0.113. The first kappa shape index (κ1) is 18.3. The van der Waals surface area contributed by atoms with Crippen molar-refractivity contribution in [3.63, 3.8) is 0 Å². The molecule has 3 aromatic carbocycles. The molecule has 3 nitrogen and oxygen atoms in total. The number of nitrogens with one attached hydrogen (secondary N) is 1. The van der Waals surface area contributed by atoms with Crippen molar-refractivity contribution in [3.8, 4) is 16.9 Å². The molecule has 0 aliphatic carbocycles. The molecule has 1 amide bonds. The Kier molecular flexibility index (Phi) is 6.16. The van der Waals surface area contributed by atoms with Crippen LogP contribution in [-0.2, 0) is 11.4 Å². The van der Waals surface area contributed by atoms with E-state index >= 15 is 0 Å². The molecule has 0 saturated carbocycles. The first-order chi connectivity index (χ1) is 12.7. The Morgan fingerprint density at radius 3 is 2.54 bits per heavy atom. The molecule has 0 fully saturated rings. The average molecular weight is 386 g/mol. The van der Waals surface area contributed by atoms with E-state index in [0.717, 1.165) is 22.4 Å². The molecule has 0 spiro atoms. The quantitative estimate of drug-likeness (QED) is 0.547. The topological polar surface area (TPSA) is 38.3 Å². The Balaban J connectivity index is 1.84. The summed E-state index contributed by atoms with van der Waals surface area (Å²) in [4.78, 5) is 11.7. The highest BCUT2D eigenvalue weighted by Gasteiger charge is 2.10. The van der Waals surface area contributed by atoms with E-state index < -0.39 is 0 Å². The maximum atomic E-state index is 11.7. The van der Waals surface area contributed by atoms with Gasteiger partial charge >= 0.3 is 0 Å². The third-order valence-corrected chi connectivity index (χ3v) is 4.25. The van der Waals surface area contributed by atoms with Gasteiger partial charge in [-0.05, 0) is 35.4 Å². The number of ether oxygens (including phenoxy) is 1. The maximum absolute atomic E-state index is 11.7. The monoisotopic (exact) mass is 385 g/mol. The minimum absolute atomic E-state index is 0.119. The van der Waals surface area contributed by atoms with Crippen LogP contribution in [0.3, 0.4) is 0 Å².